The van der Waals surface area contributed by atoms with Gasteiger partial charge in [0, 0.05) is 13.0 Å². The van der Waals surface area contributed by atoms with Crippen molar-refractivity contribution < 1.29 is 9.84 Å². The highest BCUT2D eigenvalue weighted by Crippen LogP contribution is 2.36. The third-order valence-corrected chi connectivity index (χ3v) is 3.95. The summed E-state index contributed by atoms with van der Waals surface area (Å²) < 4.78 is 5.98. The van der Waals surface area contributed by atoms with Gasteiger partial charge in [-0.05, 0) is 36.3 Å². The normalized spacial score (nSPS) is 20.4. The highest BCUT2D eigenvalue weighted by Gasteiger charge is 2.31. The molecular weight excluding hydrogens is 224 g/mol. The number of aryl methyl sites for hydroxylation is 1. The maximum atomic E-state index is 9.53. The van der Waals surface area contributed by atoms with E-state index in [1.807, 2.05) is 0 Å². The molecule has 0 fully saturated rings. The minimum Gasteiger partial charge on any atom is -0.490 e. The van der Waals surface area contributed by atoms with Gasteiger partial charge in [-0.3, -0.25) is 0 Å². The maximum absolute atomic E-state index is 9.53. The summed E-state index contributed by atoms with van der Waals surface area (Å²) in [5, 5.41) is 9.53. The number of rotatable bonds is 3. The molecule has 0 aliphatic carbocycles. The Labute approximate surface area is 110 Å². The molecule has 2 heteroatoms. The summed E-state index contributed by atoms with van der Waals surface area (Å²) in [4.78, 5) is 0. The van der Waals surface area contributed by atoms with Crippen LogP contribution in [0.25, 0.3) is 0 Å². The van der Waals surface area contributed by atoms with Crippen molar-refractivity contribution in [2.45, 2.75) is 46.6 Å². The average molecular weight is 248 g/mol. The lowest BCUT2D eigenvalue weighted by molar-refractivity contribution is 0.0820. The monoisotopic (exact) mass is 248 g/mol. The summed E-state index contributed by atoms with van der Waals surface area (Å²) in [6.45, 7) is 8.89. The second kappa shape index (κ2) is 4.93. The van der Waals surface area contributed by atoms with Gasteiger partial charge < -0.3 is 9.84 Å². The van der Waals surface area contributed by atoms with Crippen LogP contribution in [-0.4, -0.2) is 17.8 Å². The molecule has 0 bridgehead atoms. The fraction of sp³-hybridized carbons (Fsp3) is 0.625. The fourth-order valence-electron chi connectivity index (χ4n) is 2.60. The summed E-state index contributed by atoms with van der Waals surface area (Å²) in [6.07, 6.45) is 2.12. The van der Waals surface area contributed by atoms with Gasteiger partial charge >= 0.3 is 0 Å². The van der Waals surface area contributed by atoms with Gasteiger partial charge in [-0.25, -0.2) is 0 Å². The molecule has 0 amide bonds. The van der Waals surface area contributed by atoms with Crippen molar-refractivity contribution in [2.75, 3.05) is 6.61 Å². The lowest BCUT2D eigenvalue weighted by Crippen LogP contribution is -2.29. The first-order chi connectivity index (χ1) is 8.40. The van der Waals surface area contributed by atoms with E-state index in [0.717, 1.165) is 18.6 Å². The van der Waals surface area contributed by atoms with Crippen LogP contribution in [0.4, 0.5) is 0 Å². The highest BCUT2D eigenvalue weighted by atomic mass is 16.5. The molecule has 0 saturated carbocycles. The Morgan fingerprint density at radius 1 is 1.39 bits per heavy atom. The molecule has 2 unspecified atom stereocenters. The molecule has 2 atom stereocenters. The van der Waals surface area contributed by atoms with E-state index in [0.29, 0.717) is 0 Å². The van der Waals surface area contributed by atoms with Crippen LogP contribution < -0.4 is 4.74 Å². The Bertz CT molecular complexity index is 418. The topological polar surface area (TPSA) is 29.5 Å². The summed E-state index contributed by atoms with van der Waals surface area (Å²) in [7, 11) is 0. The molecule has 1 heterocycles. The van der Waals surface area contributed by atoms with E-state index < -0.39 is 0 Å². The molecule has 0 saturated heterocycles. The molecule has 1 N–H and O–H groups in total. The Balaban J connectivity index is 2.03. The van der Waals surface area contributed by atoms with E-state index in [1.54, 1.807) is 0 Å². The van der Waals surface area contributed by atoms with Crippen LogP contribution in [-0.2, 0) is 6.42 Å². The Hall–Kier alpha value is -1.02. The molecule has 0 aromatic heterocycles. The van der Waals surface area contributed by atoms with E-state index in [1.165, 1.54) is 11.1 Å². The van der Waals surface area contributed by atoms with Crippen molar-refractivity contribution in [2.24, 2.45) is 11.3 Å². The molecule has 18 heavy (non-hydrogen) atoms. The van der Waals surface area contributed by atoms with Gasteiger partial charge in [-0.2, -0.15) is 0 Å². The number of aliphatic hydroxyl groups excluding tert-OH is 1. The number of hydrogen-bond donors (Lipinski definition) is 1. The van der Waals surface area contributed by atoms with Crippen molar-refractivity contribution >= 4 is 0 Å². The maximum Gasteiger partial charge on any atom is 0.123 e. The molecule has 2 nitrogen and oxygen atoms in total. The van der Waals surface area contributed by atoms with Gasteiger partial charge in [0.1, 0.15) is 11.9 Å². The molecular formula is C16H24O2. The average Bonchev–Trinajstić information content (AvgIpc) is 2.65. The van der Waals surface area contributed by atoms with Crippen molar-refractivity contribution in [3.05, 3.63) is 29.3 Å². The first-order valence-corrected chi connectivity index (χ1v) is 6.77. The van der Waals surface area contributed by atoms with Crippen LogP contribution in [0.1, 0.15) is 38.3 Å². The summed E-state index contributed by atoms with van der Waals surface area (Å²) in [5.74, 6) is 1.31. The van der Waals surface area contributed by atoms with E-state index in [4.69, 9.17) is 4.74 Å². The predicted octanol–water partition coefficient (Wildman–Crippen LogP) is 3.34. The van der Waals surface area contributed by atoms with E-state index >= 15 is 0 Å². The summed E-state index contributed by atoms with van der Waals surface area (Å²) >= 11 is 0. The summed E-state index contributed by atoms with van der Waals surface area (Å²) in [6, 6.07) is 6.37. The lowest BCUT2D eigenvalue weighted by Gasteiger charge is -2.30. The van der Waals surface area contributed by atoms with Crippen molar-refractivity contribution in [3.8, 4) is 5.75 Å². The fourth-order valence-corrected chi connectivity index (χ4v) is 2.60. The van der Waals surface area contributed by atoms with Crippen LogP contribution in [0.2, 0.25) is 0 Å². The highest BCUT2D eigenvalue weighted by molar-refractivity contribution is 5.40. The van der Waals surface area contributed by atoms with Crippen molar-refractivity contribution in [1.82, 2.24) is 0 Å². The zero-order chi connectivity index (χ0) is 13.3. The SMILES string of the molecule is Cc1ccc2c(c1)CC(CC(CO)C(C)(C)C)O2. The molecule has 100 valence electrons. The Kier molecular flexibility index (Phi) is 3.67. The molecule has 0 spiro atoms. The molecule has 0 radical (unpaired) electrons. The van der Waals surface area contributed by atoms with Crippen LogP contribution in [0.5, 0.6) is 5.75 Å². The van der Waals surface area contributed by atoms with Gasteiger partial charge in [0.15, 0.2) is 0 Å². The molecule has 2 rings (SSSR count). The Morgan fingerprint density at radius 2 is 2.11 bits per heavy atom. The smallest absolute Gasteiger partial charge is 0.123 e. The minimum atomic E-state index is 0.128. The number of ether oxygens (including phenoxy) is 1. The van der Waals surface area contributed by atoms with Gasteiger partial charge in [0.2, 0.25) is 0 Å². The number of hydrogen-bond acceptors (Lipinski definition) is 2. The van der Waals surface area contributed by atoms with Gasteiger partial charge in [0.25, 0.3) is 0 Å². The van der Waals surface area contributed by atoms with E-state index in [9.17, 15) is 5.11 Å². The summed E-state index contributed by atoms with van der Waals surface area (Å²) in [5.41, 5.74) is 2.72. The van der Waals surface area contributed by atoms with Crippen LogP contribution in [0, 0.1) is 18.3 Å². The quantitative estimate of drug-likeness (QED) is 0.889. The Morgan fingerprint density at radius 3 is 2.72 bits per heavy atom. The molecule has 1 aliphatic heterocycles. The van der Waals surface area contributed by atoms with Crippen molar-refractivity contribution in [3.63, 3.8) is 0 Å². The minimum absolute atomic E-state index is 0.128. The van der Waals surface area contributed by atoms with Crippen LogP contribution >= 0.6 is 0 Å². The second-order valence-corrected chi connectivity index (χ2v) is 6.54. The van der Waals surface area contributed by atoms with Gasteiger partial charge in [-0.15, -0.1) is 0 Å². The first kappa shape index (κ1) is 13.4. The standard InChI is InChI=1S/C16H24O2/c1-11-5-6-15-12(7-11)8-14(18-15)9-13(10-17)16(2,3)4/h5-7,13-14,17H,8-10H2,1-4H3. The number of fused-ring (bicyclic) bond motifs is 1. The first-order valence-electron chi connectivity index (χ1n) is 6.77. The van der Waals surface area contributed by atoms with E-state index in [-0.39, 0.29) is 24.0 Å². The van der Waals surface area contributed by atoms with Gasteiger partial charge in [0.05, 0.1) is 0 Å². The van der Waals surface area contributed by atoms with Crippen LogP contribution in [0.3, 0.4) is 0 Å². The third-order valence-electron chi connectivity index (χ3n) is 3.95. The van der Waals surface area contributed by atoms with E-state index in [2.05, 4.69) is 45.9 Å². The van der Waals surface area contributed by atoms with Crippen LogP contribution in [0.15, 0.2) is 18.2 Å². The number of benzene rings is 1. The van der Waals surface area contributed by atoms with Crippen molar-refractivity contribution in [1.29, 1.82) is 0 Å². The zero-order valence-electron chi connectivity index (χ0n) is 11.9. The molecule has 1 aromatic rings. The third kappa shape index (κ3) is 2.86. The van der Waals surface area contributed by atoms with Gasteiger partial charge in [-0.1, -0.05) is 38.5 Å². The molecule has 1 aliphatic rings. The lowest BCUT2D eigenvalue weighted by atomic mass is 9.77. The zero-order valence-corrected chi connectivity index (χ0v) is 11.9. The predicted molar refractivity (Wildman–Crippen MR) is 73.9 cm³/mol. The largest absolute Gasteiger partial charge is 0.490 e. The second-order valence-electron chi connectivity index (χ2n) is 6.54. The number of aliphatic hydroxyl groups is 1. The molecule has 1 aromatic carbocycles.